The summed E-state index contributed by atoms with van der Waals surface area (Å²) in [6.45, 7) is 1.11. The summed E-state index contributed by atoms with van der Waals surface area (Å²) in [5.74, 6) is 1.60. The molecule has 0 spiro atoms. The molecule has 0 aliphatic rings. The Balaban J connectivity index is 1.67. The van der Waals surface area contributed by atoms with Crippen LogP contribution in [0.1, 0.15) is 0 Å². The molecule has 0 amide bonds. The SMILES string of the molecule is COc1ccc(OCCNC(=S)Nc2ccc(Cl)cc2)cc1. The highest BCUT2D eigenvalue weighted by molar-refractivity contribution is 7.80. The molecule has 2 aromatic rings. The van der Waals surface area contributed by atoms with Crippen LogP contribution >= 0.6 is 23.8 Å². The Morgan fingerprint density at radius 2 is 1.68 bits per heavy atom. The fourth-order valence-corrected chi connectivity index (χ4v) is 2.06. The number of hydrogen-bond acceptors (Lipinski definition) is 3. The molecule has 0 aliphatic heterocycles. The quantitative estimate of drug-likeness (QED) is 0.621. The van der Waals surface area contributed by atoms with E-state index in [-0.39, 0.29) is 0 Å². The van der Waals surface area contributed by atoms with Crippen molar-refractivity contribution in [2.24, 2.45) is 0 Å². The van der Waals surface area contributed by atoms with E-state index in [1.165, 1.54) is 0 Å². The standard InChI is InChI=1S/C16H17ClN2O2S/c1-20-14-6-8-15(9-7-14)21-11-10-18-16(22)19-13-4-2-12(17)3-5-13/h2-9H,10-11H2,1H3,(H2,18,19,22). The van der Waals surface area contributed by atoms with Crippen LogP contribution in [0.25, 0.3) is 0 Å². The second kappa shape index (κ2) is 8.46. The van der Waals surface area contributed by atoms with E-state index in [1.54, 1.807) is 19.2 Å². The van der Waals surface area contributed by atoms with Crippen LogP contribution in [0, 0.1) is 0 Å². The molecule has 0 radical (unpaired) electrons. The van der Waals surface area contributed by atoms with Gasteiger partial charge in [0.25, 0.3) is 0 Å². The van der Waals surface area contributed by atoms with Crippen molar-refractivity contribution in [1.29, 1.82) is 0 Å². The molecule has 0 heterocycles. The summed E-state index contributed by atoms with van der Waals surface area (Å²) in [5, 5.41) is 7.38. The van der Waals surface area contributed by atoms with E-state index in [4.69, 9.17) is 33.3 Å². The van der Waals surface area contributed by atoms with Crippen LogP contribution in [0.4, 0.5) is 5.69 Å². The Kier molecular flexibility index (Phi) is 6.30. The number of benzene rings is 2. The molecule has 0 unspecified atom stereocenters. The molecule has 22 heavy (non-hydrogen) atoms. The highest BCUT2D eigenvalue weighted by Gasteiger charge is 1.98. The van der Waals surface area contributed by atoms with Crippen LogP contribution in [0.5, 0.6) is 11.5 Å². The summed E-state index contributed by atoms with van der Waals surface area (Å²) in [6, 6.07) is 14.8. The maximum atomic E-state index is 5.83. The number of anilines is 1. The van der Waals surface area contributed by atoms with Gasteiger partial charge < -0.3 is 20.1 Å². The van der Waals surface area contributed by atoms with Crippen molar-refractivity contribution < 1.29 is 9.47 Å². The highest BCUT2D eigenvalue weighted by Crippen LogP contribution is 2.16. The average Bonchev–Trinajstić information content (AvgIpc) is 2.54. The van der Waals surface area contributed by atoms with Gasteiger partial charge in [-0.05, 0) is 60.7 Å². The lowest BCUT2D eigenvalue weighted by Gasteiger charge is -2.11. The molecule has 2 aromatic carbocycles. The van der Waals surface area contributed by atoms with E-state index < -0.39 is 0 Å². The molecular weight excluding hydrogens is 320 g/mol. The maximum absolute atomic E-state index is 5.83. The molecule has 0 atom stereocenters. The molecule has 0 bridgehead atoms. The van der Waals surface area contributed by atoms with Crippen molar-refractivity contribution in [3.8, 4) is 11.5 Å². The van der Waals surface area contributed by atoms with Crippen molar-refractivity contribution in [1.82, 2.24) is 5.32 Å². The summed E-state index contributed by atoms with van der Waals surface area (Å²) < 4.78 is 10.7. The largest absolute Gasteiger partial charge is 0.497 e. The van der Waals surface area contributed by atoms with Gasteiger partial charge in [-0.1, -0.05) is 11.6 Å². The van der Waals surface area contributed by atoms with Gasteiger partial charge in [0.05, 0.1) is 13.7 Å². The number of ether oxygens (including phenoxy) is 2. The van der Waals surface area contributed by atoms with Crippen LogP contribution in [0.2, 0.25) is 5.02 Å². The van der Waals surface area contributed by atoms with Gasteiger partial charge in [0.15, 0.2) is 5.11 Å². The summed E-state index contributed by atoms with van der Waals surface area (Å²) in [6.07, 6.45) is 0. The number of hydrogen-bond donors (Lipinski definition) is 2. The third-order valence-electron chi connectivity index (χ3n) is 2.82. The predicted octanol–water partition coefficient (Wildman–Crippen LogP) is 3.71. The normalized spacial score (nSPS) is 9.91. The van der Waals surface area contributed by atoms with Crippen molar-refractivity contribution >= 4 is 34.6 Å². The molecule has 4 nitrogen and oxygen atoms in total. The Bertz CT molecular complexity index is 603. The Hall–Kier alpha value is -1.98. The minimum absolute atomic E-state index is 0.509. The van der Waals surface area contributed by atoms with Crippen molar-refractivity contribution in [3.63, 3.8) is 0 Å². The summed E-state index contributed by atoms with van der Waals surface area (Å²) in [7, 11) is 1.63. The molecule has 0 saturated heterocycles. The van der Waals surface area contributed by atoms with Gasteiger partial charge in [-0.15, -0.1) is 0 Å². The van der Waals surface area contributed by atoms with Crippen molar-refractivity contribution in [2.75, 3.05) is 25.6 Å². The molecule has 0 saturated carbocycles. The van der Waals surface area contributed by atoms with Gasteiger partial charge in [0, 0.05) is 10.7 Å². The van der Waals surface area contributed by atoms with Crippen LogP contribution in [-0.2, 0) is 0 Å². The third kappa shape index (κ3) is 5.42. The van der Waals surface area contributed by atoms with Gasteiger partial charge in [0.1, 0.15) is 18.1 Å². The average molecular weight is 337 g/mol. The smallest absolute Gasteiger partial charge is 0.170 e. The molecule has 0 aliphatic carbocycles. The molecule has 2 N–H and O–H groups in total. The van der Waals surface area contributed by atoms with Gasteiger partial charge >= 0.3 is 0 Å². The second-order valence-corrected chi connectivity index (χ2v) is 5.26. The number of methoxy groups -OCH3 is 1. The van der Waals surface area contributed by atoms with Crippen LogP contribution in [-0.4, -0.2) is 25.4 Å². The molecule has 2 rings (SSSR count). The number of thiocarbonyl (C=S) groups is 1. The van der Waals surface area contributed by atoms with Crippen molar-refractivity contribution in [3.05, 3.63) is 53.6 Å². The van der Waals surface area contributed by atoms with Gasteiger partial charge in [-0.3, -0.25) is 0 Å². The highest BCUT2D eigenvalue weighted by atomic mass is 35.5. The Morgan fingerprint density at radius 1 is 1.05 bits per heavy atom. The fourth-order valence-electron chi connectivity index (χ4n) is 1.71. The lowest BCUT2D eigenvalue weighted by Crippen LogP contribution is -2.31. The molecule has 0 aromatic heterocycles. The Morgan fingerprint density at radius 3 is 2.32 bits per heavy atom. The minimum Gasteiger partial charge on any atom is -0.497 e. The maximum Gasteiger partial charge on any atom is 0.170 e. The predicted molar refractivity (Wildman–Crippen MR) is 94.2 cm³/mol. The zero-order chi connectivity index (χ0) is 15.8. The van der Waals surface area contributed by atoms with Crippen molar-refractivity contribution in [2.45, 2.75) is 0 Å². The molecule has 6 heteroatoms. The summed E-state index contributed by atoms with van der Waals surface area (Å²) in [5.41, 5.74) is 0.887. The second-order valence-electron chi connectivity index (χ2n) is 4.41. The lowest BCUT2D eigenvalue weighted by atomic mass is 10.3. The first kappa shape index (κ1) is 16.4. The number of nitrogens with one attached hydrogen (secondary N) is 2. The zero-order valence-electron chi connectivity index (χ0n) is 12.1. The zero-order valence-corrected chi connectivity index (χ0v) is 13.7. The third-order valence-corrected chi connectivity index (χ3v) is 3.32. The first-order valence-corrected chi connectivity index (χ1v) is 7.53. The minimum atomic E-state index is 0.509. The van der Waals surface area contributed by atoms with Gasteiger partial charge in [0.2, 0.25) is 0 Å². The van der Waals surface area contributed by atoms with E-state index in [9.17, 15) is 0 Å². The van der Waals surface area contributed by atoms with E-state index in [1.807, 2.05) is 36.4 Å². The topological polar surface area (TPSA) is 42.5 Å². The first-order valence-electron chi connectivity index (χ1n) is 6.74. The van der Waals surface area contributed by atoms with E-state index in [2.05, 4.69) is 10.6 Å². The van der Waals surface area contributed by atoms with E-state index >= 15 is 0 Å². The van der Waals surface area contributed by atoms with E-state index in [0.29, 0.717) is 23.3 Å². The van der Waals surface area contributed by atoms with Crippen LogP contribution in [0.15, 0.2) is 48.5 Å². The molecular formula is C16H17ClN2O2S. The fraction of sp³-hybridized carbons (Fsp3) is 0.188. The first-order chi connectivity index (χ1) is 10.7. The monoisotopic (exact) mass is 336 g/mol. The summed E-state index contributed by atoms with van der Waals surface area (Å²) >= 11 is 11.0. The summed E-state index contributed by atoms with van der Waals surface area (Å²) in [4.78, 5) is 0. The van der Waals surface area contributed by atoms with Gasteiger partial charge in [-0.2, -0.15) is 0 Å². The molecule has 0 fully saturated rings. The number of rotatable bonds is 6. The number of halogens is 1. The van der Waals surface area contributed by atoms with E-state index in [0.717, 1.165) is 17.2 Å². The van der Waals surface area contributed by atoms with Crippen LogP contribution < -0.4 is 20.1 Å². The lowest BCUT2D eigenvalue weighted by molar-refractivity contribution is 0.322. The molecule has 116 valence electrons. The van der Waals surface area contributed by atoms with Crippen LogP contribution in [0.3, 0.4) is 0 Å². The Labute approximate surface area is 140 Å². The van der Waals surface area contributed by atoms with Gasteiger partial charge in [-0.25, -0.2) is 0 Å².